The molecule has 134 valence electrons. The van der Waals surface area contributed by atoms with Gasteiger partial charge >= 0.3 is 0 Å². The number of benzene rings is 2. The summed E-state index contributed by atoms with van der Waals surface area (Å²) in [5, 5.41) is 24.2. The van der Waals surface area contributed by atoms with Gasteiger partial charge in [0.05, 0.1) is 19.9 Å². The fraction of sp³-hybridized carbons (Fsp3) is 0.158. The first-order valence-corrected chi connectivity index (χ1v) is 7.68. The molecule has 0 saturated carbocycles. The minimum Gasteiger partial charge on any atom is -0.508 e. The molecule has 0 aliphatic rings. The average Bonchev–Trinajstić information content (AvgIpc) is 2.64. The van der Waals surface area contributed by atoms with E-state index >= 15 is 0 Å². The number of nitriles is 1. The number of ether oxygens (including phenoxy) is 2. The van der Waals surface area contributed by atoms with Gasteiger partial charge in [-0.25, -0.2) is 0 Å². The molecule has 7 heteroatoms. The normalized spacial score (nSPS) is 10.6. The molecule has 0 radical (unpaired) electrons. The van der Waals surface area contributed by atoms with Crippen LogP contribution in [0.4, 0.5) is 11.4 Å². The molecule has 0 aliphatic carbocycles. The van der Waals surface area contributed by atoms with Gasteiger partial charge in [0.1, 0.15) is 28.9 Å². The molecule has 0 heterocycles. The van der Waals surface area contributed by atoms with E-state index in [1.165, 1.54) is 32.6 Å². The molecule has 7 nitrogen and oxygen atoms in total. The van der Waals surface area contributed by atoms with Crippen LogP contribution in [0, 0.1) is 18.3 Å². The summed E-state index contributed by atoms with van der Waals surface area (Å²) >= 11 is 0. The largest absolute Gasteiger partial charge is 0.508 e. The number of anilines is 2. The fourth-order valence-corrected chi connectivity index (χ4v) is 2.20. The van der Waals surface area contributed by atoms with Crippen LogP contribution in [0.3, 0.4) is 0 Å². The second-order valence-corrected chi connectivity index (χ2v) is 5.33. The van der Waals surface area contributed by atoms with Gasteiger partial charge in [0.2, 0.25) is 0 Å². The van der Waals surface area contributed by atoms with Crippen molar-refractivity contribution in [1.82, 2.24) is 0 Å². The molecule has 0 atom stereocenters. The predicted octanol–water partition coefficient (Wildman–Crippen LogP) is 3.18. The van der Waals surface area contributed by atoms with E-state index in [-0.39, 0.29) is 11.3 Å². The summed E-state index contributed by atoms with van der Waals surface area (Å²) in [5.74, 6) is 0.664. The quantitative estimate of drug-likeness (QED) is 0.419. The molecule has 3 N–H and O–H groups in total. The highest BCUT2D eigenvalue weighted by molar-refractivity contribution is 6.07. The standard InChI is InChI=1S/C19H19N3O4/c1-12-8-14(23)4-6-16(12)22-19(24)13(10-20)11-21-17-9-15(25-2)5-7-18(17)26-3/h4-9,11,21,23H,1-3H3,(H,22,24)/b13-11-. The van der Waals surface area contributed by atoms with Crippen LogP contribution in [-0.2, 0) is 4.79 Å². The molecule has 0 aliphatic heterocycles. The topological polar surface area (TPSA) is 104 Å². The molecule has 0 spiro atoms. The highest BCUT2D eigenvalue weighted by atomic mass is 16.5. The van der Waals surface area contributed by atoms with Gasteiger partial charge in [-0.3, -0.25) is 4.79 Å². The van der Waals surface area contributed by atoms with Crippen molar-refractivity contribution in [2.45, 2.75) is 6.92 Å². The van der Waals surface area contributed by atoms with Gasteiger partial charge in [0, 0.05) is 18.0 Å². The molecule has 1 amide bonds. The minimum absolute atomic E-state index is 0.100. The third-order valence-corrected chi connectivity index (χ3v) is 3.60. The van der Waals surface area contributed by atoms with E-state index in [1.807, 2.05) is 6.07 Å². The molecule has 26 heavy (non-hydrogen) atoms. The first-order valence-electron chi connectivity index (χ1n) is 7.68. The number of methoxy groups -OCH3 is 2. The van der Waals surface area contributed by atoms with Crippen molar-refractivity contribution in [2.24, 2.45) is 0 Å². The number of nitrogens with one attached hydrogen (secondary N) is 2. The molecule has 2 rings (SSSR count). The number of phenolic OH excluding ortho intramolecular Hbond substituents is 1. The second-order valence-electron chi connectivity index (χ2n) is 5.33. The Morgan fingerprint density at radius 3 is 2.54 bits per heavy atom. The molecule has 0 aromatic heterocycles. The van der Waals surface area contributed by atoms with E-state index in [2.05, 4.69) is 10.6 Å². The Balaban J connectivity index is 2.20. The Kier molecular flexibility index (Phi) is 6.06. The lowest BCUT2D eigenvalue weighted by Gasteiger charge is -2.11. The molecule has 0 unspecified atom stereocenters. The van der Waals surface area contributed by atoms with Crippen LogP contribution < -0.4 is 20.1 Å². The van der Waals surface area contributed by atoms with Crippen LogP contribution in [0.2, 0.25) is 0 Å². The van der Waals surface area contributed by atoms with E-state index in [9.17, 15) is 15.2 Å². The van der Waals surface area contributed by atoms with Gasteiger partial charge in [0.25, 0.3) is 5.91 Å². The SMILES string of the molecule is COc1ccc(OC)c(N/C=C(/C#N)C(=O)Nc2ccc(O)cc2C)c1. The van der Waals surface area contributed by atoms with Crippen LogP contribution in [0.5, 0.6) is 17.2 Å². The molecule has 0 bridgehead atoms. The Labute approximate surface area is 151 Å². The number of phenols is 1. The minimum atomic E-state index is -0.573. The second kappa shape index (κ2) is 8.44. The molecule has 2 aromatic carbocycles. The van der Waals surface area contributed by atoms with Crippen molar-refractivity contribution < 1.29 is 19.4 Å². The monoisotopic (exact) mass is 353 g/mol. The predicted molar refractivity (Wildman–Crippen MR) is 98.3 cm³/mol. The Bertz CT molecular complexity index is 885. The summed E-state index contributed by atoms with van der Waals surface area (Å²) in [7, 11) is 3.05. The van der Waals surface area contributed by atoms with Crippen LogP contribution in [-0.4, -0.2) is 25.2 Å². The lowest BCUT2D eigenvalue weighted by molar-refractivity contribution is -0.112. The van der Waals surface area contributed by atoms with Crippen LogP contribution in [0.15, 0.2) is 48.2 Å². The smallest absolute Gasteiger partial charge is 0.267 e. The number of hydrogen-bond acceptors (Lipinski definition) is 6. The number of rotatable bonds is 6. The van der Waals surface area contributed by atoms with Crippen LogP contribution in [0.1, 0.15) is 5.56 Å². The number of nitrogens with zero attached hydrogens (tertiary/aromatic N) is 1. The van der Waals surface area contributed by atoms with Gasteiger partial charge in [-0.15, -0.1) is 0 Å². The van der Waals surface area contributed by atoms with Crippen molar-refractivity contribution in [3.05, 3.63) is 53.7 Å². The fourth-order valence-electron chi connectivity index (χ4n) is 2.20. The average molecular weight is 353 g/mol. The zero-order valence-electron chi connectivity index (χ0n) is 14.7. The highest BCUT2D eigenvalue weighted by Crippen LogP contribution is 2.29. The molecule has 0 saturated heterocycles. The number of carbonyl (C=O) groups excluding carboxylic acids is 1. The summed E-state index contributed by atoms with van der Waals surface area (Å²) in [6.07, 6.45) is 1.29. The van der Waals surface area contributed by atoms with Crippen molar-refractivity contribution in [1.29, 1.82) is 5.26 Å². The lowest BCUT2D eigenvalue weighted by atomic mass is 10.2. The maximum atomic E-state index is 12.3. The third-order valence-electron chi connectivity index (χ3n) is 3.60. The summed E-state index contributed by atoms with van der Waals surface area (Å²) in [4.78, 5) is 12.3. The molecule has 0 fully saturated rings. The van der Waals surface area contributed by atoms with Gasteiger partial charge in [0.15, 0.2) is 0 Å². The van der Waals surface area contributed by atoms with Crippen molar-refractivity contribution in [2.75, 3.05) is 24.9 Å². The molecule has 2 aromatic rings. The van der Waals surface area contributed by atoms with Gasteiger partial charge in [-0.1, -0.05) is 0 Å². The summed E-state index contributed by atoms with van der Waals surface area (Å²) in [6.45, 7) is 1.74. The van der Waals surface area contributed by atoms with Crippen LogP contribution in [0.25, 0.3) is 0 Å². The summed E-state index contributed by atoms with van der Waals surface area (Å²) in [6, 6.07) is 11.5. The molecular formula is C19H19N3O4. The number of hydrogen-bond donors (Lipinski definition) is 3. The lowest BCUT2D eigenvalue weighted by Crippen LogP contribution is -2.15. The Morgan fingerprint density at radius 1 is 1.15 bits per heavy atom. The summed E-state index contributed by atoms with van der Waals surface area (Å²) in [5.41, 5.74) is 1.61. The third kappa shape index (κ3) is 4.45. The van der Waals surface area contributed by atoms with Gasteiger partial charge < -0.3 is 25.2 Å². The number of aryl methyl sites for hydroxylation is 1. The first-order chi connectivity index (χ1) is 12.5. The van der Waals surface area contributed by atoms with E-state index in [1.54, 1.807) is 31.2 Å². The van der Waals surface area contributed by atoms with Crippen molar-refractivity contribution in [3.8, 4) is 23.3 Å². The van der Waals surface area contributed by atoms with Crippen molar-refractivity contribution in [3.63, 3.8) is 0 Å². The highest BCUT2D eigenvalue weighted by Gasteiger charge is 2.12. The first kappa shape index (κ1) is 18.7. The van der Waals surface area contributed by atoms with Crippen molar-refractivity contribution >= 4 is 17.3 Å². The van der Waals surface area contributed by atoms with E-state index in [0.717, 1.165) is 0 Å². The van der Waals surface area contributed by atoms with Gasteiger partial charge in [-0.2, -0.15) is 5.26 Å². The van der Waals surface area contributed by atoms with Crippen LogP contribution >= 0.6 is 0 Å². The molecular weight excluding hydrogens is 334 g/mol. The van der Waals surface area contributed by atoms with E-state index < -0.39 is 5.91 Å². The zero-order valence-corrected chi connectivity index (χ0v) is 14.7. The Morgan fingerprint density at radius 2 is 1.92 bits per heavy atom. The zero-order chi connectivity index (χ0) is 19.1. The number of aromatic hydroxyl groups is 1. The van der Waals surface area contributed by atoms with E-state index in [4.69, 9.17) is 9.47 Å². The van der Waals surface area contributed by atoms with Gasteiger partial charge in [-0.05, 0) is 42.8 Å². The Hall–Kier alpha value is -3.66. The summed E-state index contributed by atoms with van der Waals surface area (Å²) < 4.78 is 10.4. The van der Waals surface area contributed by atoms with E-state index in [0.29, 0.717) is 28.4 Å². The number of carbonyl (C=O) groups is 1. The maximum Gasteiger partial charge on any atom is 0.267 e. The number of amides is 1. The maximum absolute atomic E-state index is 12.3.